The van der Waals surface area contributed by atoms with Gasteiger partial charge in [-0.3, -0.25) is 0 Å². The first-order valence-corrected chi connectivity index (χ1v) is 17.0. The molecule has 232 valence electrons. The van der Waals surface area contributed by atoms with Crippen LogP contribution in [0.4, 0.5) is 0 Å². The summed E-state index contributed by atoms with van der Waals surface area (Å²) in [5, 5.41) is 2.55. The van der Waals surface area contributed by atoms with Gasteiger partial charge in [0.2, 0.25) is 0 Å². The Morgan fingerprint density at radius 2 is 1.04 bits per heavy atom. The minimum Gasteiger partial charge on any atom is -0.309 e. The maximum atomic E-state index is 2.42. The molecule has 1 heteroatoms. The molecule has 48 heavy (non-hydrogen) atoms. The average molecular weight is 618 g/mol. The van der Waals surface area contributed by atoms with Gasteiger partial charge < -0.3 is 4.57 Å². The molecule has 2 unspecified atom stereocenters. The highest BCUT2D eigenvalue weighted by molar-refractivity contribution is 6.10. The van der Waals surface area contributed by atoms with Crippen molar-refractivity contribution in [2.45, 2.75) is 32.6 Å². The summed E-state index contributed by atoms with van der Waals surface area (Å²) in [6.07, 6.45) is 0. The lowest BCUT2D eigenvalue weighted by Crippen LogP contribution is -2.09. The van der Waals surface area contributed by atoms with Crippen molar-refractivity contribution >= 4 is 21.8 Å². The third-order valence-corrected chi connectivity index (χ3v) is 10.3. The SMILES string of the molecule is Cc1ccccc1-c1cccc(-c2ccc3c(c2)c2ccccc2n3-c2ccccc2)c1C(C)C(C)c1cccc(-c2ccccc2)c1. The predicted octanol–water partition coefficient (Wildman–Crippen LogP) is 13.0. The van der Waals surface area contributed by atoms with Crippen LogP contribution in [-0.4, -0.2) is 4.57 Å². The summed E-state index contributed by atoms with van der Waals surface area (Å²) in [6.45, 7) is 7.04. The van der Waals surface area contributed by atoms with Crippen molar-refractivity contribution in [3.05, 3.63) is 187 Å². The molecule has 0 spiro atoms. The van der Waals surface area contributed by atoms with Crippen LogP contribution in [0, 0.1) is 6.92 Å². The lowest BCUT2D eigenvalue weighted by atomic mass is 9.76. The monoisotopic (exact) mass is 617 g/mol. The second kappa shape index (κ2) is 12.5. The van der Waals surface area contributed by atoms with E-state index in [1.54, 1.807) is 0 Å². The molecule has 0 amide bonds. The fraction of sp³-hybridized carbons (Fsp3) is 0.106. The van der Waals surface area contributed by atoms with Crippen molar-refractivity contribution in [2.24, 2.45) is 0 Å². The fourth-order valence-electron chi connectivity index (χ4n) is 7.58. The Hall–Kier alpha value is -5.66. The largest absolute Gasteiger partial charge is 0.309 e. The summed E-state index contributed by atoms with van der Waals surface area (Å²) in [4.78, 5) is 0. The van der Waals surface area contributed by atoms with Crippen molar-refractivity contribution in [3.63, 3.8) is 0 Å². The first-order valence-electron chi connectivity index (χ1n) is 17.0. The number of hydrogen-bond acceptors (Lipinski definition) is 0. The maximum absolute atomic E-state index is 2.42. The van der Waals surface area contributed by atoms with Crippen molar-refractivity contribution in [1.82, 2.24) is 4.57 Å². The zero-order valence-electron chi connectivity index (χ0n) is 27.8. The van der Waals surface area contributed by atoms with E-state index in [-0.39, 0.29) is 5.92 Å². The standard InChI is InChI=1S/C47H39N/c1-32-16-10-11-23-40(32)43-26-15-25-41(47(43)34(3)33(2)36-19-14-20-37(30-36)35-17-6-4-7-18-35)38-28-29-46-44(31-38)42-24-12-13-27-45(42)48(46)39-21-8-5-9-22-39/h4-31,33-34H,1-3H3. The smallest absolute Gasteiger partial charge is 0.0541 e. The Balaban J connectivity index is 1.31. The van der Waals surface area contributed by atoms with E-state index in [4.69, 9.17) is 0 Å². The Labute approximate surface area is 283 Å². The molecule has 2 atom stereocenters. The highest BCUT2D eigenvalue weighted by atomic mass is 15.0. The van der Waals surface area contributed by atoms with Crippen LogP contribution in [0.2, 0.25) is 0 Å². The van der Waals surface area contributed by atoms with Crippen molar-refractivity contribution < 1.29 is 0 Å². The highest BCUT2D eigenvalue weighted by Gasteiger charge is 2.25. The molecule has 1 nitrogen and oxygen atoms in total. The molecule has 8 rings (SSSR count). The zero-order chi connectivity index (χ0) is 32.6. The van der Waals surface area contributed by atoms with Crippen LogP contribution in [0.15, 0.2) is 170 Å². The molecular formula is C47H39N. The van der Waals surface area contributed by atoms with Gasteiger partial charge in [0.25, 0.3) is 0 Å². The van der Waals surface area contributed by atoms with Crippen LogP contribution in [0.1, 0.15) is 42.4 Å². The second-order valence-electron chi connectivity index (χ2n) is 13.1. The predicted molar refractivity (Wildman–Crippen MR) is 205 cm³/mol. The maximum Gasteiger partial charge on any atom is 0.0541 e. The zero-order valence-corrected chi connectivity index (χ0v) is 27.8. The lowest BCUT2D eigenvalue weighted by Gasteiger charge is -2.27. The molecule has 0 fully saturated rings. The van der Waals surface area contributed by atoms with E-state index in [1.165, 1.54) is 77.6 Å². The van der Waals surface area contributed by atoms with E-state index in [2.05, 4.69) is 195 Å². The van der Waals surface area contributed by atoms with Gasteiger partial charge in [-0.25, -0.2) is 0 Å². The van der Waals surface area contributed by atoms with E-state index in [9.17, 15) is 0 Å². The molecule has 0 aliphatic heterocycles. The summed E-state index contributed by atoms with van der Waals surface area (Å²) >= 11 is 0. The third-order valence-electron chi connectivity index (χ3n) is 10.3. The number of fused-ring (bicyclic) bond motifs is 3. The van der Waals surface area contributed by atoms with Gasteiger partial charge in [0.1, 0.15) is 0 Å². The fourth-order valence-corrected chi connectivity index (χ4v) is 7.58. The van der Waals surface area contributed by atoms with E-state index in [1.807, 2.05) is 0 Å². The van der Waals surface area contributed by atoms with Gasteiger partial charge in [0.05, 0.1) is 11.0 Å². The topological polar surface area (TPSA) is 4.93 Å². The van der Waals surface area contributed by atoms with Crippen LogP contribution >= 0.6 is 0 Å². The van der Waals surface area contributed by atoms with Crippen LogP contribution in [-0.2, 0) is 0 Å². The van der Waals surface area contributed by atoms with Crippen LogP contribution in [0.3, 0.4) is 0 Å². The first kappa shape index (κ1) is 29.7. The number of aromatic nitrogens is 1. The van der Waals surface area contributed by atoms with E-state index in [0.717, 1.165) is 0 Å². The first-order chi connectivity index (χ1) is 23.6. The number of benzene rings is 7. The number of aryl methyl sites for hydroxylation is 1. The molecule has 0 aliphatic rings. The molecular weight excluding hydrogens is 579 g/mol. The molecule has 8 aromatic rings. The Morgan fingerprint density at radius 3 is 1.85 bits per heavy atom. The van der Waals surface area contributed by atoms with Crippen LogP contribution < -0.4 is 0 Å². The molecule has 0 saturated carbocycles. The van der Waals surface area contributed by atoms with Gasteiger partial charge in [-0.15, -0.1) is 0 Å². The van der Waals surface area contributed by atoms with Crippen molar-refractivity contribution in [3.8, 4) is 39.1 Å². The number of hydrogen-bond donors (Lipinski definition) is 0. The van der Waals surface area contributed by atoms with E-state index >= 15 is 0 Å². The van der Waals surface area contributed by atoms with Gasteiger partial charge in [-0.1, -0.05) is 153 Å². The minimum atomic E-state index is 0.253. The second-order valence-corrected chi connectivity index (χ2v) is 13.1. The molecule has 7 aromatic carbocycles. The molecule has 1 aromatic heterocycles. The lowest BCUT2D eigenvalue weighted by molar-refractivity contribution is 0.626. The molecule has 0 aliphatic carbocycles. The molecule has 0 bridgehead atoms. The van der Waals surface area contributed by atoms with E-state index < -0.39 is 0 Å². The normalized spacial score (nSPS) is 12.7. The van der Waals surface area contributed by atoms with Gasteiger partial charge in [0, 0.05) is 16.5 Å². The number of rotatable bonds is 7. The van der Waals surface area contributed by atoms with Gasteiger partial charge in [-0.2, -0.15) is 0 Å². The minimum absolute atomic E-state index is 0.253. The number of nitrogens with zero attached hydrogens (tertiary/aromatic N) is 1. The van der Waals surface area contributed by atoms with E-state index in [0.29, 0.717) is 5.92 Å². The summed E-state index contributed by atoms with van der Waals surface area (Å²) in [5.41, 5.74) is 15.4. The Kier molecular flexibility index (Phi) is 7.74. The molecule has 1 heterocycles. The van der Waals surface area contributed by atoms with Crippen molar-refractivity contribution in [1.29, 1.82) is 0 Å². The molecule has 0 radical (unpaired) electrons. The van der Waals surface area contributed by atoms with Crippen LogP contribution in [0.25, 0.3) is 60.9 Å². The summed E-state index contributed by atoms with van der Waals surface area (Å²) < 4.78 is 2.39. The highest BCUT2D eigenvalue weighted by Crippen LogP contribution is 2.45. The third kappa shape index (κ3) is 5.22. The summed E-state index contributed by atoms with van der Waals surface area (Å²) in [6, 6.07) is 62.1. The average Bonchev–Trinajstić information content (AvgIpc) is 3.48. The summed E-state index contributed by atoms with van der Waals surface area (Å²) in [7, 11) is 0. The van der Waals surface area contributed by atoms with Gasteiger partial charge in [-0.05, 0) is 99.2 Å². The van der Waals surface area contributed by atoms with Crippen molar-refractivity contribution in [2.75, 3.05) is 0 Å². The van der Waals surface area contributed by atoms with Gasteiger partial charge in [0.15, 0.2) is 0 Å². The van der Waals surface area contributed by atoms with Gasteiger partial charge >= 0.3 is 0 Å². The Morgan fingerprint density at radius 1 is 0.417 bits per heavy atom. The van der Waals surface area contributed by atoms with Crippen LogP contribution in [0.5, 0.6) is 0 Å². The summed E-state index contributed by atoms with van der Waals surface area (Å²) in [5.74, 6) is 0.546. The quantitative estimate of drug-likeness (QED) is 0.168. The molecule has 0 N–H and O–H groups in total. The number of para-hydroxylation sites is 2. The molecule has 0 saturated heterocycles. The Bertz CT molecular complexity index is 2380.